The predicted molar refractivity (Wildman–Crippen MR) is 87.3 cm³/mol. The van der Waals surface area contributed by atoms with Crippen molar-refractivity contribution in [2.75, 3.05) is 25.2 Å². The Morgan fingerprint density at radius 2 is 2.17 bits per heavy atom. The van der Waals surface area contributed by atoms with Gasteiger partial charge in [0.1, 0.15) is 6.73 Å². The Hall–Kier alpha value is -2.18. The van der Waals surface area contributed by atoms with Crippen molar-refractivity contribution < 1.29 is 9.53 Å². The molecule has 1 aromatic heterocycles. The SMILES string of the molecule is O=C(c1cnc(NCc2cccc(Cl)c2)nc1)N1CCCOC1. The summed E-state index contributed by atoms with van der Waals surface area (Å²) in [6.07, 6.45) is 3.92. The number of anilines is 1. The fourth-order valence-corrected chi connectivity index (χ4v) is 2.51. The number of benzene rings is 1. The lowest BCUT2D eigenvalue weighted by Crippen LogP contribution is -2.38. The number of aromatic nitrogens is 2. The van der Waals surface area contributed by atoms with Crippen LogP contribution in [0.1, 0.15) is 22.3 Å². The zero-order valence-corrected chi connectivity index (χ0v) is 13.3. The van der Waals surface area contributed by atoms with Crippen molar-refractivity contribution >= 4 is 23.5 Å². The minimum Gasteiger partial charge on any atom is -0.361 e. The molecular weight excluding hydrogens is 316 g/mol. The fourth-order valence-electron chi connectivity index (χ4n) is 2.30. The van der Waals surface area contributed by atoms with Crippen LogP contribution >= 0.6 is 11.6 Å². The van der Waals surface area contributed by atoms with Gasteiger partial charge < -0.3 is 15.0 Å². The molecule has 120 valence electrons. The highest BCUT2D eigenvalue weighted by Gasteiger charge is 2.19. The number of amides is 1. The average molecular weight is 333 g/mol. The highest BCUT2D eigenvalue weighted by molar-refractivity contribution is 6.30. The first-order valence-electron chi connectivity index (χ1n) is 7.40. The summed E-state index contributed by atoms with van der Waals surface area (Å²) in [5, 5.41) is 3.79. The molecule has 1 fully saturated rings. The minimum atomic E-state index is -0.105. The lowest BCUT2D eigenvalue weighted by Gasteiger charge is -2.26. The van der Waals surface area contributed by atoms with E-state index in [2.05, 4.69) is 15.3 Å². The van der Waals surface area contributed by atoms with E-state index in [1.807, 2.05) is 24.3 Å². The summed E-state index contributed by atoms with van der Waals surface area (Å²) in [7, 11) is 0. The number of hydrogen-bond donors (Lipinski definition) is 1. The van der Waals surface area contributed by atoms with Crippen molar-refractivity contribution in [3.63, 3.8) is 0 Å². The van der Waals surface area contributed by atoms with Gasteiger partial charge in [0, 0.05) is 30.5 Å². The number of hydrogen-bond acceptors (Lipinski definition) is 5. The van der Waals surface area contributed by atoms with Gasteiger partial charge in [-0.15, -0.1) is 0 Å². The number of carbonyl (C=O) groups excluding carboxylic acids is 1. The fraction of sp³-hybridized carbons (Fsp3) is 0.312. The largest absolute Gasteiger partial charge is 0.361 e. The normalized spacial score (nSPS) is 14.6. The molecule has 1 aromatic carbocycles. The van der Waals surface area contributed by atoms with Gasteiger partial charge in [0.05, 0.1) is 12.2 Å². The Balaban J connectivity index is 1.59. The molecule has 1 aliphatic rings. The zero-order valence-electron chi connectivity index (χ0n) is 12.5. The standard InChI is InChI=1S/C16H17ClN4O2/c17-14-4-1-3-12(7-14)8-18-16-19-9-13(10-20-16)15(22)21-5-2-6-23-11-21/h1,3-4,7,9-10H,2,5-6,8,11H2,(H,18,19,20). The average Bonchev–Trinajstić information content (AvgIpc) is 2.61. The molecule has 0 aliphatic carbocycles. The van der Waals surface area contributed by atoms with E-state index >= 15 is 0 Å². The number of carbonyl (C=O) groups is 1. The molecule has 7 heteroatoms. The Labute approximate surface area is 139 Å². The van der Waals surface area contributed by atoms with Crippen LogP contribution in [-0.2, 0) is 11.3 Å². The van der Waals surface area contributed by atoms with Crippen molar-refractivity contribution in [3.05, 3.63) is 52.8 Å². The van der Waals surface area contributed by atoms with Crippen LogP contribution in [0.15, 0.2) is 36.7 Å². The van der Waals surface area contributed by atoms with Gasteiger partial charge in [-0.1, -0.05) is 23.7 Å². The Morgan fingerprint density at radius 3 is 2.87 bits per heavy atom. The maximum atomic E-state index is 12.3. The van der Waals surface area contributed by atoms with Gasteiger partial charge in [-0.25, -0.2) is 9.97 Å². The van der Waals surface area contributed by atoms with E-state index in [1.54, 1.807) is 4.90 Å². The Morgan fingerprint density at radius 1 is 1.35 bits per heavy atom. The van der Waals surface area contributed by atoms with Crippen LogP contribution < -0.4 is 5.32 Å². The molecule has 23 heavy (non-hydrogen) atoms. The van der Waals surface area contributed by atoms with E-state index in [1.165, 1.54) is 12.4 Å². The quantitative estimate of drug-likeness (QED) is 0.932. The minimum absolute atomic E-state index is 0.105. The summed E-state index contributed by atoms with van der Waals surface area (Å²) < 4.78 is 5.29. The number of ether oxygens (including phenoxy) is 1. The highest BCUT2D eigenvalue weighted by atomic mass is 35.5. The molecular formula is C16H17ClN4O2. The van der Waals surface area contributed by atoms with Crippen LogP contribution in [0.3, 0.4) is 0 Å². The van der Waals surface area contributed by atoms with Crippen LogP contribution in [0.25, 0.3) is 0 Å². The summed E-state index contributed by atoms with van der Waals surface area (Å²) in [6, 6.07) is 7.56. The maximum absolute atomic E-state index is 12.3. The predicted octanol–water partition coefficient (Wildman–Crippen LogP) is 2.56. The molecule has 2 aromatic rings. The molecule has 6 nitrogen and oxygen atoms in total. The van der Waals surface area contributed by atoms with E-state index in [4.69, 9.17) is 16.3 Å². The third-order valence-electron chi connectivity index (χ3n) is 3.49. The summed E-state index contributed by atoms with van der Waals surface area (Å²) in [4.78, 5) is 22.3. The Bertz CT molecular complexity index is 672. The van der Waals surface area contributed by atoms with E-state index in [9.17, 15) is 4.79 Å². The molecule has 2 heterocycles. The number of halogens is 1. The summed E-state index contributed by atoms with van der Waals surface area (Å²) in [5.74, 6) is 0.363. The lowest BCUT2D eigenvalue weighted by molar-refractivity contribution is -0.00575. The molecule has 0 bridgehead atoms. The molecule has 1 aliphatic heterocycles. The second-order valence-corrected chi connectivity index (χ2v) is 5.67. The molecule has 0 spiro atoms. The van der Waals surface area contributed by atoms with Crippen LogP contribution in [0.2, 0.25) is 5.02 Å². The molecule has 0 unspecified atom stereocenters. The van der Waals surface area contributed by atoms with E-state index in [0.29, 0.717) is 43.0 Å². The van der Waals surface area contributed by atoms with Gasteiger partial charge >= 0.3 is 0 Å². The Kier molecular flexibility index (Phi) is 5.05. The van der Waals surface area contributed by atoms with Crippen molar-refractivity contribution in [2.24, 2.45) is 0 Å². The number of nitrogens with one attached hydrogen (secondary N) is 1. The topological polar surface area (TPSA) is 67.4 Å². The first kappa shape index (κ1) is 15.7. The van der Waals surface area contributed by atoms with Crippen LogP contribution in [0.5, 0.6) is 0 Å². The molecule has 0 radical (unpaired) electrons. The first-order valence-corrected chi connectivity index (χ1v) is 7.77. The summed E-state index contributed by atoms with van der Waals surface area (Å²) in [6.45, 7) is 2.29. The molecule has 0 atom stereocenters. The smallest absolute Gasteiger partial charge is 0.258 e. The third-order valence-corrected chi connectivity index (χ3v) is 3.72. The van der Waals surface area contributed by atoms with Crippen LogP contribution in [-0.4, -0.2) is 40.7 Å². The lowest BCUT2D eigenvalue weighted by atomic mass is 10.2. The molecule has 1 saturated heterocycles. The van der Waals surface area contributed by atoms with Crippen LogP contribution in [0, 0.1) is 0 Å². The van der Waals surface area contributed by atoms with Crippen molar-refractivity contribution in [1.29, 1.82) is 0 Å². The van der Waals surface area contributed by atoms with E-state index < -0.39 is 0 Å². The summed E-state index contributed by atoms with van der Waals surface area (Å²) in [5.41, 5.74) is 1.50. The van der Waals surface area contributed by atoms with Gasteiger partial charge in [-0.2, -0.15) is 0 Å². The monoisotopic (exact) mass is 332 g/mol. The third kappa shape index (κ3) is 4.18. The maximum Gasteiger partial charge on any atom is 0.258 e. The second-order valence-electron chi connectivity index (χ2n) is 5.24. The molecule has 3 rings (SSSR count). The second kappa shape index (κ2) is 7.39. The highest BCUT2D eigenvalue weighted by Crippen LogP contribution is 2.12. The van der Waals surface area contributed by atoms with Gasteiger partial charge in [0.2, 0.25) is 5.95 Å². The number of rotatable bonds is 4. The van der Waals surface area contributed by atoms with E-state index in [-0.39, 0.29) is 5.91 Å². The molecule has 0 saturated carbocycles. The van der Waals surface area contributed by atoms with Crippen LogP contribution in [0.4, 0.5) is 5.95 Å². The van der Waals surface area contributed by atoms with Gasteiger partial charge in [0.15, 0.2) is 0 Å². The van der Waals surface area contributed by atoms with Crippen molar-refractivity contribution in [2.45, 2.75) is 13.0 Å². The molecule has 1 N–H and O–H groups in total. The number of nitrogens with zero attached hydrogens (tertiary/aromatic N) is 3. The first-order chi connectivity index (χ1) is 11.2. The van der Waals surface area contributed by atoms with Crippen molar-refractivity contribution in [3.8, 4) is 0 Å². The van der Waals surface area contributed by atoms with Gasteiger partial charge in [0.25, 0.3) is 5.91 Å². The zero-order chi connectivity index (χ0) is 16.1. The molecule has 1 amide bonds. The van der Waals surface area contributed by atoms with Gasteiger partial charge in [-0.05, 0) is 24.1 Å². The van der Waals surface area contributed by atoms with E-state index in [0.717, 1.165) is 12.0 Å². The summed E-state index contributed by atoms with van der Waals surface area (Å²) >= 11 is 5.94. The van der Waals surface area contributed by atoms with Crippen molar-refractivity contribution in [1.82, 2.24) is 14.9 Å². The van der Waals surface area contributed by atoms with Gasteiger partial charge in [-0.3, -0.25) is 4.79 Å².